The Labute approximate surface area is 114 Å². The van der Waals surface area contributed by atoms with Crippen molar-refractivity contribution >= 4 is 28.6 Å². The van der Waals surface area contributed by atoms with Gasteiger partial charge in [-0.25, -0.2) is 0 Å². The third-order valence-corrected chi connectivity index (χ3v) is 4.03. The molecule has 2 fully saturated rings. The number of fused-ring (bicyclic) bond motifs is 1. The first-order valence-corrected chi connectivity index (χ1v) is 6.97. The highest BCUT2D eigenvalue weighted by Crippen LogP contribution is 2.37. The number of rotatable bonds is 3. The summed E-state index contributed by atoms with van der Waals surface area (Å²) in [6.07, 6.45) is -0.754. The normalized spacial score (nSPS) is 40.6. The minimum atomic E-state index is -0.310. The molecule has 2 aliphatic rings. The molecule has 0 unspecified atom stereocenters. The summed E-state index contributed by atoms with van der Waals surface area (Å²) in [5, 5.41) is 0. The Bertz CT molecular complexity index is 296. The van der Waals surface area contributed by atoms with Gasteiger partial charge in [0.25, 0.3) is 0 Å². The quantitative estimate of drug-likeness (QED) is 0.433. The molecule has 2 aliphatic heterocycles. The molecule has 2 heterocycles. The van der Waals surface area contributed by atoms with Crippen LogP contribution in [0.1, 0.15) is 20.8 Å². The minimum Gasteiger partial charge on any atom is -0.457 e. The summed E-state index contributed by atoms with van der Waals surface area (Å²) < 4.78 is 22.4. The van der Waals surface area contributed by atoms with E-state index in [-0.39, 0.29) is 40.6 Å². The second kappa shape index (κ2) is 5.38. The minimum absolute atomic E-state index is 0.0521. The van der Waals surface area contributed by atoms with E-state index in [2.05, 4.69) is 22.6 Å². The lowest BCUT2D eigenvalue weighted by Crippen LogP contribution is -2.32. The molecule has 6 heteroatoms. The van der Waals surface area contributed by atoms with Crippen LogP contribution in [0.25, 0.3) is 0 Å². The fourth-order valence-corrected chi connectivity index (χ4v) is 3.08. The van der Waals surface area contributed by atoms with Crippen molar-refractivity contribution in [3.63, 3.8) is 0 Å². The van der Waals surface area contributed by atoms with Crippen LogP contribution in [0, 0.1) is 0 Å². The largest absolute Gasteiger partial charge is 0.457 e. The fourth-order valence-electron chi connectivity index (χ4n) is 2.12. The summed E-state index contributed by atoms with van der Waals surface area (Å²) in [6, 6.07) is 0. The fraction of sp³-hybridized carbons (Fsp3) is 0.909. The summed E-state index contributed by atoms with van der Waals surface area (Å²) in [5.74, 6) is -0.305. The Morgan fingerprint density at radius 2 is 2.12 bits per heavy atom. The lowest BCUT2D eigenvalue weighted by molar-refractivity contribution is -0.177. The molecular weight excluding hydrogens is 339 g/mol. The smallest absolute Gasteiger partial charge is 0.303 e. The standard InChI is InChI=1S/C11H17IO5/c1-5(2)15-11-8(12)10-9(17-11)7(4-14-10)16-6(3)13/h5,7-11H,4H2,1-3H3/t7-,8-,9-,10-,11-/m1/s1. The first-order chi connectivity index (χ1) is 7.99. The lowest BCUT2D eigenvalue weighted by atomic mass is 10.1. The van der Waals surface area contributed by atoms with Gasteiger partial charge in [-0.15, -0.1) is 0 Å². The van der Waals surface area contributed by atoms with E-state index in [1.165, 1.54) is 6.92 Å². The van der Waals surface area contributed by atoms with E-state index in [0.717, 1.165) is 0 Å². The van der Waals surface area contributed by atoms with Crippen molar-refractivity contribution in [3.8, 4) is 0 Å². The third kappa shape index (κ3) is 2.91. The number of halogens is 1. The molecule has 0 radical (unpaired) electrons. The molecule has 0 bridgehead atoms. The molecule has 0 amide bonds. The van der Waals surface area contributed by atoms with E-state index < -0.39 is 0 Å². The highest BCUT2D eigenvalue weighted by atomic mass is 127. The Morgan fingerprint density at radius 1 is 1.41 bits per heavy atom. The number of carbonyl (C=O) groups is 1. The van der Waals surface area contributed by atoms with E-state index in [1.807, 2.05) is 13.8 Å². The van der Waals surface area contributed by atoms with Crippen molar-refractivity contribution in [3.05, 3.63) is 0 Å². The Hall–Kier alpha value is 0.0800. The van der Waals surface area contributed by atoms with Gasteiger partial charge in [-0.3, -0.25) is 4.79 Å². The predicted octanol–water partition coefficient (Wildman–Crippen LogP) is 1.27. The van der Waals surface area contributed by atoms with Crippen LogP contribution in [0.5, 0.6) is 0 Å². The van der Waals surface area contributed by atoms with Gasteiger partial charge in [0.2, 0.25) is 0 Å². The zero-order valence-electron chi connectivity index (χ0n) is 10.1. The van der Waals surface area contributed by atoms with Gasteiger partial charge in [0.05, 0.1) is 16.6 Å². The van der Waals surface area contributed by atoms with Crippen molar-refractivity contribution in [1.82, 2.24) is 0 Å². The molecule has 0 spiro atoms. The van der Waals surface area contributed by atoms with Gasteiger partial charge in [-0.1, -0.05) is 22.6 Å². The highest BCUT2D eigenvalue weighted by molar-refractivity contribution is 14.1. The van der Waals surface area contributed by atoms with Crippen LogP contribution in [0.4, 0.5) is 0 Å². The molecule has 17 heavy (non-hydrogen) atoms. The molecule has 5 atom stereocenters. The number of esters is 1. The first kappa shape index (κ1) is 13.5. The maximum Gasteiger partial charge on any atom is 0.303 e. The number of hydrogen-bond donors (Lipinski definition) is 0. The van der Waals surface area contributed by atoms with Crippen LogP contribution >= 0.6 is 22.6 Å². The molecule has 2 saturated heterocycles. The average molecular weight is 356 g/mol. The molecule has 0 aromatic rings. The van der Waals surface area contributed by atoms with Crippen molar-refractivity contribution in [2.75, 3.05) is 6.61 Å². The van der Waals surface area contributed by atoms with Crippen molar-refractivity contribution in [1.29, 1.82) is 0 Å². The van der Waals surface area contributed by atoms with E-state index in [0.29, 0.717) is 6.61 Å². The van der Waals surface area contributed by atoms with Crippen molar-refractivity contribution in [2.24, 2.45) is 0 Å². The van der Waals surface area contributed by atoms with E-state index in [9.17, 15) is 4.79 Å². The van der Waals surface area contributed by atoms with Gasteiger partial charge >= 0.3 is 5.97 Å². The number of alkyl halides is 1. The van der Waals surface area contributed by atoms with Crippen LogP contribution in [0.15, 0.2) is 0 Å². The van der Waals surface area contributed by atoms with Gasteiger partial charge in [0.15, 0.2) is 12.4 Å². The molecular formula is C11H17IO5. The van der Waals surface area contributed by atoms with Gasteiger partial charge < -0.3 is 18.9 Å². The SMILES string of the molecule is CC(=O)O[C@@H]1CO[C@@H]2[C@@H](I)[C@H](OC(C)C)O[C@@H]21. The number of ether oxygens (including phenoxy) is 4. The third-order valence-electron chi connectivity index (χ3n) is 2.73. The zero-order chi connectivity index (χ0) is 12.6. The second-order valence-corrected chi connectivity index (χ2v) is 5.98. The highest BCUT2D eigenvalue weighted by Gasteiger charge is 2.53. The van der Waals surface area contributed by atoms with E-state index >= 15 is 0 Å². The molecule has 0 aromatic carbocycles. The monoisotopic (exact) mass is 356 g/mol. The number of carbonyl (C=O) groups excluding carboxylic acids is 1. The summed E-state index contributed by atoms with van der Waals surface area (Å²) in [7, 11) is 0. The molecule has 0 aromatic heterocycles. The lowest BCUT2D eigenvalue weighted by Gasteiger charge is -2.21. The summed E-state index contributed by atoms with van der Waals surface area (Å²) in [6.45, 7) is 5.73. The summed E-state index contributed by atoms with van der Waals surface area (Å²) >= 11 is 2.27. The van der Waals surface area contributed by atoms with Gasteiger partial charge in [0, 0.05) is 6.92 Å². The van der Waals surface area contributed by atoms with Crippen LogP contribution in [0.3, 0.4) is 0 Å². The zero-order valence-corrected chi connectivity index (χ0v) is 12.2. The van der Waals surface area contributed by atoms with Crippen LogP contribution in [-0.4, -0.2) is 47.2 Å². The summed E-state index contributed by atoms with van der Waals surface area (Å²) in [5.41, 5.74) is 0. The van der Waals surface area contributed by atoms with Gasteiger partial charge in [-0.2, -0.15) is 0 Å². The molecule has 0 N–H and O–H groups in total. The molecule has 0 aliphatic carbocycles. The first-order valence-electron chi connectivity index (χ1n) is 5.73. The Balaban J connectivity index is 1.98. The topological polar surface area (TPSA) is 54.0 Å². The predicted molar refractivity (Wildman–Crippen MR) is 68.0 cm³/mol. The maximum atomic E-state index is 11.0. The van der Waals surface area contributed by atoms with Crippen molar-refractivity contribution in [2.45, 2.75) is 55.4 Å². The molecule has 2 rings (SSSR count). The van der Waals surface area contributed by atoms with E-state index in [4.69, 9.17) is 18.9 Å². The van der Waals surface area contributed by atoms with Gasteiger partial charge in [0.1, 0.15) is 12.2 Å². The van der Waals surface area contributed by atoms with Crippen LogP contribution in [0.2, 0.25) is 0 Å². The Morgan fingerprint density at radius 3 is 2.71 bits per heavy atom. The van der Waals surface area contributed by atoms with E-state index in [1.54, 1.807) is 0 Å². The van der Waals surface area contributed by atoms with Crippen LogP contribution < -0.4 is 0 Å². The van der Waals surface area contributed by atoms with Crippen LogP contribution in [-0.2, 0) is 23.7 Å². The molecule has 0 saturated carbocycles. The molecule has 5 nitrogen and oxygen atoms in total. The number of hydrogen-bond acceptors (Lipinski definition) is 5. The molecule has 98 valence electrons. The average Bonchev–Trinajstić information content (AvgIpc) is 2.70. The van der Waals surface area contributed by atoms with Crippen molar-refractivity contribution < 1.29 is 23.7 Å². The second-order valence-electron chi connectivity index (χ2n) is 4.54. The Kier molecular flexibility index (Phi) is 4.27. The summed E-state index contributed by atoms with van der Waals surface area (Å²) in [4.78, 5) is 11.0. The van der Waals surface area contributed by atoms with Gasteiger partial charge in [-0.05, 0) is 13.8 Å². The maximum absolute atomic E-state index is 11.0.